The molecule has 1 saturated heterocycles. The van der Waals surface area contributed by atoms with E-state index in [2.05, 4.69) is 21.1 Å². The first kappa shape index (κ1) is 23.8. The van der Waals surface area contributed by atoms with Crippen LogP contribution in [0.4, 0.5) is 4.79 Å². The fourth-order valence-corrected chi connectivity index (χ4v) is 2.76. The van der Waals surface area contributed by atoms with Crippen LogP contribution in [0.25, 0.3) is 0 Å². The highest BCUT2D eigenvalue weighted by Crippen LogP contribution is 2.20. The molecule has 7 heteroatoms. The number of guanidine groups is 1. The predicted molar refractivity (Wildman–Crippen MR) is 113 cm³/mol. The van der Waals surface area contributed by atoms with Gasteiger partial charge >= 0.3 is 6.09 Å². The molecule has 1 aliphatic heterocycles. The predicted octanol–water partition coefficient (Wildman–Crippen LogP) is 2.78. The van der Waals surface area contributed by atoms with Crippen molar-refractivity contribution in [3.63, 3.8) is 0 Å². The van der Waals surface area contributed by atoms with Crippen molar-refractivity contribution in [2.45, 2.75) is 46.1 Å². The van der Waals surface area contributed by atoms with Gasteiger partial charge in [-0.05, 0) is 46.5 Å². The highest BCUT2D eigenvalue weighted by atomic mass is 127. The minimum atomic E-state index is -0.455. The maximum atomic E-state index is 12.2. The van der Waals surface area contributed by atoms with Gasteiger partial charge in [0.15, 0.2) is 5.96 Å². The normalized spacial score (nSPS) is 15.8. The fourth-order valence-electron chi connectivity index (χ4n) is 2.76. The van der Waals surface area contributed by atoms with Crippen molar-refractivity contribution in [3.8, 4) is 12.3 Å². The Hall–Kier alpha value is -1.17. The molecule has 1 fully saturated rings. The molecule has 25 heavy (non-hydrogen) atoms. The Balaban J connectivity index is 0.00000576. The van der Waals surface area contributed by atoms with E-state index in [0.29, 0.717) is 19.0 Å². The Labute approximate surface area is 169 Å². The van der Waals surface area contributed by atoms with Crippen LogP contribution in [0.3, 0.4) is 0 Å². The quantitative estimate of drug-likeness (QED) is 0.301. The third kappa shape index (κ3) is 8.66. The number of aliphatic imine (C=N–C) groups is 1. The summed E-state index contributed by atoms with van der Waals surface area (Å²) in [6, 6.07) is 0. The van der Waals surface area contributed by atoms with Gasteiger partial charge in [0.05, 0.1) is 6.54 Å². The molecule has 0 aliphatic carbocycles. The highest BCUT2D eigenvalue weighted by molar-refractivity contribution is 14.0. The minimum absolute atomic E-state index is 0. The van der Waals surface area contributed by atoms with Gasteiger partial charge in [0.25, 0.3) is 0 Å². The van der Waals surface area contributed by atoms with E-state index in [1.165, 1.54) is 0 Å². The van der Waals surface area contributed by atoms with Gasteiger partial charge in [-0.2, -0.15) is 0 Å². The number of likely N-dealkylation sites (tertiary alicyclic amines) is 1. The number of carbonyl (C=O) groups excluding carboxylic acids is 1. The Morgan fingerprint density at radius 3 is 2.44 bits per heavy atom. The summed E-state index contributed by atoms with van der Waals surface area (Å²) in [5.41, 5.74) is -0.455. The number of piperidine rings is 1. The van der Waals surface area contributed by atoms with Crippen LogP contribution in [0.1, 0.15) is 40.5 Å². The molecule has 0 aromatic carbocycles. The van der Waals surface area contributed by atoms with Crippen molar-refractivity contribution in [1.82, 2.24) is 15.1 Å². The van der Waals surface area contributed by atoms with E-state index in [1.807, 2.05) is 27.7 Å². The van der Waals surface area contributed by atoms with Crippen LogP contribution in [-0.4, -0.2) is 67.2 Å². The van der Waals surface area contributed by atoms with Gasteiger partial charge in [0.1, 0.15) is 5.60 Å². The molecule has 0 aromatic heterocycles. The number of carbonyl (C=O) groups is 1. The summed E-state index contributed by atoms with van der Waals surface area (Å²) in [6.07, 6.45) is 7.11. The Morgan fingerprint density at radius 1 is 1.40 bits per heavy atom. The standard InChI is InChI=1S/C18H32N4O2.HI/c1-7-11-20-16(19-6)22-12-9-15(10-13-22)14-21(8-2)17(23)24-18(3,4)5;/h1,15H,8-14H2,2-6H3,(H,19,20);1H. The molecule has 0 radical (unpaired) electrons. The number of terminal acetylenes is 1. The van der Waals surface area contributed by atoms with Gasteiger partial charge in [0, 0.05) is 33.2 Å². The number of ether oxygens (including phenoxy) is 1. The summed E-state index contributed by atoms with van der Waals surface area (Å²) < 4.78 is 5.48. The van der Waals surface area contributed by atoms with E-state index in [0.717, 1.165) is 38.4 Å². The zero-order valence-corrected chi connectivity index (χ0v) is 18.5. The van der Waals surface area contributed by atoms with Gasteiger partial charge in [0.2, 0.25) is 0 Å². The second-order valence-electron chi connectivity index (χ2n) is 7.05. The number of halogens is 1. The first-order chi connectivity index (χ1) is 11.3. The average molecular weight is 464 g/mol. The third-order valence-corrected chi connectivity index (χ3v) is 3.99. The summed E-state index contributed by atoms with van der Waals surface area (Å²) in [4.78, 5) is 20.5. The number of nitrogens with zero attached hydrogens (tertiary/aromatic N) is 3. The van der Waals surface area contributed by atoms with E-state index >= 15 is 0 Å². The molecule has 1 rings (SSSR count). The van der Waals surface area contributed by atoms with Crippen LogP contribution in [-0.2, 0) is 4.74 Å². The molecule has 6 nitrogen and oxygen atoms in total. The van der Waals surface area contributed by atoms with E-state index < -0.39 is 5.60 Å². The molecule has 0 saturated carbocycles. The SMILES string of the molecule is C#CCNC(=NC)N1CCC(CN(CC)C(=O)OC(C)(C)C)CC1.I. The molecule has 1 heterocycles. The van der Waals surface area contributed by atoms with Crippen LogP contribution in [0.15, 0.2) is 4.99 Å². The maximum absolute atomic E-state index is 12.2. The van der Waals surface area contributed by atoms with Gasteiger partial charge in [-0.15, -0.1) is 30.4 Å². The molecule has 0 aromatic rings. The number of rotatable bonds is 4. The van der Waals surface area contributed by atoms with Gasteiger partial charge < -0.3 is 19.9 Å². The summed E-state index contributed by atoms with van der Waals surface area (Å²) >= 11 is 0. The van der Waals surface area contributed by atoms with Crippen LogP contribution in [0, 0.1) is 18.3 Å². The first-order valence-corrected chi connectivity index (χ1v) is 8.67. The van der Waals surface area contributed by atoms with Crippen LogP contribution >= 0.6 is 24.0 Å². The number of nitrogens with one attached hydrogen (secondary N) is 1. The largest absolute Gasteiger partial charge is 0.444 e. The molecule has 0 bridgehead atoms. The molecule has 0 atom stereocenters. The molecule has 0 spiro atoms. The lowest BCUT2D eigenvalue weighted by atomic mass is 9.96. The lowest BCUT2D eigenvalue weighted by molar-refractivity contribution is 0.0214. The zero-order valence-electron chi connectivity index (χ0n) is 16.2. The second kappa shape index (κ2) is 11.4. The Kier molecular flexibility index (Phi) is 10.9. The van der Waals surface area contributed by atoms with Crippen LogP contribution in [0.5, 0.6) is 0 Å². The molecule has 1 amide bonds. The van der Waals surface area contributed by atoms with Crippen molar-refractivity contribution in [2.24, 2.45) is 10.9 Å². The van der Waals surface area contributed by atoms with Gasteiger partial charge in [-0.3, -0.25) is 4.99 Å². The smallest absolute Gasteiger partial charge is 0.410 e. The molecule has 1 N–H and O–H groups in total. The van der Waals surface area contributed by atoms with Crippen LogP contribution in [0.2, 0.25) is 0 Å². The van der Waals surface area contributed by atoms with E-state index in [4.69, 9.17) is 11.2 Å². The average Bonchev–Trinajstić information content (AvgIpc) is 2.52. The van der Waals surface area contributed by atoms with Crippen molar-refractivity contribution >= 4 is 36.0 Å². The van der Waals surface area contributed by atoms with E-state index in [-0.39, 0.29) is 30.1 Å². The maximum Gasteiger partial charge on any atom is 0.410 e. The fraction of sp³-hybridized carbons (Fsp3) is 0.778. The van der Waals surface area contributed by atoms with Crippen LogP contribution < -0.4 is 5.32 Å². The van der Waals surface area contributed by atoms with Gasteiger partial charge in [-0.1, -0.05) is 5.92 Å². The van der Waals surface area contributed by atoms with Crippen molar-refractivity contribution in [2.75, 3.05) is 39.8 Å². The molecule has 1 aliphatic rings. The summed E-state index contributed by atoms with van der Waals surface area (Å²) in [6.45, 7) is 11.4. The molecular formula is C18H33IN4O2. The molecule has 0 unspecified atom stereocenters. The lowest BCUT2D eigenvalue weighted by Crippen LogP contribution is -2.47. The van der Waals surface area contributed by atoms with E-state index in [9.17, 15) is 4.79 Å². The van der Waals surface area contributed by atoms with Crippen molar-refractivity contribution in [1.29, 1.82) is 0 Å². The number of hydrogen-bond acceptors (Lipinski definition) is 3. The highest BCUT2D eigenvalue weighted by Gasteiger charge is 2.26. The third-order valence-electron chi connectivity index (χ3n) is 3.99. The van der Waals surface area contributed by atoms with Gasteiger partial charge in [-0.25, -0.2) is 4.79 Å². The Morgan fingerprint density at radius 2 is 2.00 bits per heavy atom. The van der Waals surface area contributed by atoms with E-state index in [1.54, 1.807) is 11.9 Å². The monoisotopic (exact) mass is 464 g/mol. The minimum Gasteiger partial charge on any atom is -0.444 e. The zero-order chi connectivity index (χ0) is 18.2. The second-order valence-corrected chi connectivity index (χ2v) is 7.05. The van der Waals surface area contributed by atoms with Crippen molar-refractivity contribution in [3.05, 3.63) is 0 Å². The molecular weight excluding hydrogens is 431 g/mol. The summed E-state index contributed by atoms with van der Waals surface area (Å²) in [5.74, 6) is 3.91. The first-order valence-electron chi connectivity index (χ1n) is 8.67. The molecule has 144 valence electrons. The lowest BCUT2D eigenvalue weighted by Gasteiger charge is -2.36. The number of hydrogen-bond donors (Lipinski definition) is 1. The topological polar surface area (TPSA) is 57.2 Å². The summed E-state index contributed by atoms with van der Waals surface area (Å²) in [7, 11) is 1.77. The van der Waals surface area contributed by atoms with Crippen molar-refractivity contribution < 1.29 is 9.53 Å². The number of amides is 1. The Bertz CT molecular complexity index is 474. The summed E-state index contributed by atoms with van der Waals surface area (Å²) in [5, 5.41) is 3.15.